The Morgan fingerprint density at radius 2 is 2.35 bits per heavy atom. The van der Waals surface area contributed by atoms with Crippen molar-refractivity contribution in [3.05, 3.63) is 21.5 Å². The van der Waals surface area contributed by atoms with Crippen LogP contribution in [0.2, 0.25) is 0 Å². The molecule has 2 fully saturated rings. The van der Waals surface area contributed by atoms with Gasteiger partial charge in [0.2, 0.25) is 5.91 Å². The second-order valence-corrected chi connectivity index (χ2v) is 10.0. The molecule has 0 unspecified atom stereocenters. The van der Waals surface area contributed by atoms with E-state index in [1.165, 1.54) is 16.7 Å². The van der Waals surface area contributed by atoms with Gasteiger partial charge in [-0.15, -0.1) is 23.1 Å². The molecule has 0 bridgehead atoms. The number of thioether (sulfide) groups is 2. The summed E-state index contributed by atoms with van der Waals surface area (Å²) >= 11 is 4.56. The normalized spacial score (nSPS) is 29.2. The summed E-state index contributed by atoms with van der Waals surface area (Å²) in [5.74, 6) is -1.86. The van der Waals surface area contributed by atoms with Gasteiger partial charge >= 0.3 is 5.97 Å². The van der Waals surface area contributed by atoms with Crippen LogP contribution in [0.1, 0.15) is 19.8 Å². The molecule has 4 atom stereocenters. The number of aliphatic hydroxyl groups is 1. The second kappa shape index (κ2) is 7.06. The Bertz CT molecular complexity index is 754. The number of fused-ring (bicyclic) bond motifs is 1. The number of hydrogen-bond donors (Lipinski definition) is 2. The van der Waals surface area contributed by atoms with Gasteiger partial charge in [-0.2, -0.15) is 0 Å². The molecule has 3 aliphatic rings. The highest BCUT2D eigenvalue weighted by atomic mass is 32.2. The average molecular weight is 414 g/mol. The minimum absolute atomic E-state index is 0.0854. The predicted molar refractivity (Wildman–Crippen MR) is 103 cm³/mol. The van der Waals surface area contributed by atoms with E-state index in [1.54, 1.807) is 29.3 Å². The third kappa shape index (κ3) is 2.92. The Morgan fingerprint density at radius 3 is 3.00 bits per heavy atom. The van der Waals surface area contributed by atoms with Gasteiger partial charge in [-0.05, 0) is 12.8 Å². The molecule has 0 spiro atoms. The van der Waals surface area contributed by atoms with Gasteiger partial charge in [0.15, 0.2) is 10.8 Å². The van der Waals surface area contributed by atoms with Crippen molar-refractivity contribution in [1.29, 1.82) is 0 Å². The average Bonchev–Trinajstić information content (AvgIpc) is 3.33. The number of amides is 1. The number of hydrogen-bond acceptors (Lipinski definition) is 8. The van der Waals surface area contributed by atoms with Gasteiger partial charge in [-0.1, -0.05) is 18.7 Å². The summed E-state index contributed by atoms with van der Waals surface area (Å²) in [7, 11) is 0. The Hall–Kier alpha value is -1.23. The van der Waals surface area contributed by atoms with Crippen LogP contribution in [0.15, 0.2) is 21.5 Å². The number of nitrogens with zero attached hydrogens (tertiary/aromatic N) is 3. The van der Waals surface area contributed by atoms with Crippen molar-refractivity contribution in [1.82, 2.24) is 9.88 Å². The van der Waals surface area contributed by atoms with Crippen LogP contribution in [-0.4, -0.2) is 61.8 Å². The van der Waals surface area contributed by atoms with Gasteiger partial charge in [0.25, 0.3) is 0 Å². The monoisotopic (exact) mass is 413 g/mol. The van der Waals surface area contributed by atoms with E-state index in [1.807, 2.05) is 12.3 Å². The lowest BCUT2D eigenvalue weighted by Gasteiger charge is -2.44. The molecule has 1 amide bonds. The van der Waals surface area contributed by atoms with Gasteiger partial charge < -0.3 is 15.1 Å². The van der Waals surface area contributed by atoms with Crippen LogP contribution < -0.4 is 4.90 Å². The van der Waals surface area contributed by atoms with Gasteiger partial charge in [-0.25, -0.2) is 9.78 Å². The maximum absolute atomic E-state index is 12.4. The summed E-state index contributed by atoms with van der Waals surface area (Å²) in [6.45, 7) is 3.54. The molecule has 140 valence electrons. The fourth-order valence-corrected chi connectivity index (χ4v) is 7.48. The topological polar surface area (TPSA) is 94.0 Å². The number of carboxylic acids is 1. The van der Waals surface area contributed by atoms with Gasteiger partial charge in [0.05, 0.1) is 16.3 Å². The van der Waals surface area contributed by atoms with Crippen LogP contribution >= 0.6 is 34.9 Å². The van der Waals surface area contributed by atoms with E-state index >= 15 is 0 Å². The number of rotatable bonds is 6. The zero-order valence-electron chi connectivity index (χ0n) is 14.1. The molecule has 0 aromatic carbocycles. The van der Waals surface area contributed by atoms with Crippen molar-refractivity contribution in [2.75, 3.05) is 18.0 Å². The first-order chi connectivity index (χ1) is 12.5. The minimum atomic E-state index is -1.07. The summed E-state index contributed by atoms with van der Waals surface area (Å²) in [6, 6.07) is 0. The van der Waals surface area contributed by atoms with E-state index in [0.29, 0.717) is 10.7 Å². The number of thiazole rings is 1. The molecule has 0 radical (unpaired) electrons. The Morgan fingerprint density at radius 1 is 1.54 bits per heavy atom. The number of anilines is 1. The SMILES string of the molecule is CC[C@H](O)[C@@H]1C(=O)N2C(C(=O)O)=C(S[C@H]3CCN(c4nccs4)C3)S[C@H]12. The molecule has 4 rings (SSSR count). The van der Waals surface area contributed by atoms with Crippen LogP contribution in [0, 0.1) is 5.92 Å². The molecular formula is C16H19N3O4S3. The number of β-lactam (4-membered cyclic amide) rings is 1. The van der Waals surface area contributed by atoms with E-state index in [4.69, 9.17) is 0 Å². The molecular weight excluding hydrogens is 394 g/mol. The van der Waals surface area contributed by atoms with E-state index in [9.17, 15) is 19.8 Å². The van der Waals surface area contributed by atoms with Crippen LogP contribution in [0.4, 0.5) is 5.13 Å². The van der Waals surface area contributed by atoms with Crippen LogP contribution in [0.5, 0.6) is 0 Å². The molecule has 1 aromatic rings. The number of carbonyl (C=O) groups excluding carboxylic acids is 1. The molecule has 2 saturated heterocycles. The number of carbonyl (C=O) groups is 2. The van der Waals surface area contributed by atoms with Gasteiger partial charge in [-0.3, -0.25) is 9.69 Å². The van der Waals surface area contributed by atoms with E-state index in [-0.39, 0.29) is 22.2 Å². The number of aliphatic carboxylic acids is 1. The minimum Gasteiger partial charge on any atom is -0.477 e. The predicted octanol–water partition coefficient (Wildman–Crippen LogP) is 2.01. The van der Waals surface area contributed by atoms with Crippen LogP contribution in [-0.2, 0) is 9.59 Å². The third-order valence-electron chi connectivity index (χ3n) is 4.89. The Balaban J connectivity index is 1.48. The first-order valence-electron chi connectivity index (χ1n) is 8.47. The van der Waals surface area contributed by atoms with Crippen molar-refractivity contribution >= 4 is 51.9 Å². The summed E-state index contributed by atoms with van der Waals surface area (Å²) in [4.78, 5) is 32.0. The summed E-state index contributed by atoms with van der Waals surface area (Å²) in [5.41, 5.74) is 0.0854. The molecule has 0 saturated carbocycles. The molecule has 26 heavy (non-hydrogen) atoms. The Kier molecular flexibility index (Phi) is 4.93. The quantitative estimate of drug-likeness (QED) is 0.684. The fourth-order valence-electron chi connectivity index (χ4n) is 3.52. The highest BCUT2D eigenvalue weighted by molar-refractivity contribution is 8.23. The first kappa shape index (κ1) is 18.1. The maximum Gasteiger partial charge on any atom is 0.354 e. The first-order valence-corrected chi connectivity index (χ1v) is 11.1. The molecule has 10 heteroatoms. The van der Waals surface area contributed by atoms with Crippen molar-refractivity contribution in [2.45, 2.75) is 36.5 Å². The lowest BCUT2D eigenvalue weighted by atomic mass is 9.90. The van der Waals surface area contributed by atoms with Crippen molar-refractivity contribution in [3.63, 3.8) is 0 Å². The smallest absolute Gasteiger partial charge is 0.354 e. The van der Waals surface area contributed by atoms with Gasteiger partial charge in [0.1, 0.15) is 5.37 Å². The Labute approximate surface area is 163 Å². The largest absolute Gasteiger partial charge is 0.477 e. The molecule has 0 aliphatic carbocycles. The van der Waals surface area contributed by atoms with Crippen molar-refractivity contribution < 1.29 is 19.8 Å². The molecule has 2 N–H and O–H groups in total. The van der Waals surface area contributed by atoms with Crippen LogP contribution in [0.25, 0.3) is 0 Å². The zero-order chi connectivity index (χ0) is 18.4. The standard InChI is InChI=1S/C16H19N3O4S3/c1-2-9(20)10-12(21)19-11(14(22)23)15(26-13(10)19)25-8-3-5-18(7-8)16-17-4-6-24-16/h4,6,8-10,13,20H,2-3,5,7H2,1H3,(H,22,23)/t8-,9-,10+,13+/m0/s1. The van der Waals surface area contributed by atoms with Crippen LogP contribution in [0.3, 0.4) is 0 Å². The molecule has 1 aromatic heterocycles. The summed E-state index contributed by atoms with van der Waals surface area (Å²) < 4.78 is 0.688. The lowest BCUT2D eigenvalue weighted by molar-refractivity contribution is -0.157. The van der Waals surface area contributed by atoms with Gasteiger partial charge in [0, 0.05) is 29.9 Å². The van der Waals surface area contributed by atoms with E-state index < -0.39 is 18.0 Å². The summed E-state index contributed by atoms with van der Waals surface area (Å²) in [6.07, 6.45) is 2.49. The fraction of sp³-hybridized carbons (Fsp3) is 0.562. The molecule has 3 aliphatic heterocycles. The van der Waals surface area contributed by atoms with Crippen molar-refractivity contribution in [2.24, 2.45) is 5.92 Å². The van der Waals surface area contributed by atoms with Crippen molar-refractivity contribution in [3.8, 4) is 0 Å². The number of aromatic nitrogens is 1. The molecule has 7 nitrogen and oxygen atoms in total. The van der Waals surface area contributed by atoms with E-state index in [2.05, 4.69) is 9.88 Å². The van der Waals surface area contributed by atoms with E-state index in [0.717, 1.165) is 24.6 Å². The maximum atomic E-state index is 12.4. The highest BCUT2D eigenvalue weighted by Gasteiger charge is 2.58. The third-order valence-corrected chi connectivity index (χ3v) is 8.58. The number of carboxylic acid groups (broad SMARTS) is 1. The lowest BCUT2D eigenvalue weighted by Crippen LogP contribution is -2.61. The second-order valence-electron chi connectivity index (χ2n) is 6.45. The molecule has 4 heterocycles. The highest BCUT2D eigenvalue weighted by Crippen LogP contribution is 2.55. The number of aliphatic hydroxyl groups excluding tert-OH is 1. The zero-order valence-corrected chi connectivity index (χ0v) is 16.5. The summed E-state index contributed by atoms with van der Waals surface area (Å²) in [5, 5.41) is 22.6.